The standard InChI is InChI=1S/C17H17FN4O2/c18-13-3-1-2-12(8-13)9-16(23)21-14-4-5-15(20-10-14)22-7-6-19-17(24)11-22/h1-5,8,10H,6-7,9,11H2,(H,19,24)(H,21,23). The van der Waals surface area contributed by atoms with Crippen molar-refractivity contribution in [2.24, 2.45) is 0 Å². The van der Waals surface area contributed by atoms with Gasteiger partial charge in [0.05, 0.1) is 24.8 Å². The summed E-state index contributed by atoms with van der Waals surface area (Å²) in [5, 5.41) is 5.48. The number of amides is 2. The average Bonchev–Trinajstić information content (AvgIpc) is 2.55. The minimum Gasteiger partial charge on any atom is -0.353 e. The third-order valence-electron chi connectivity index (χ3n) is 3.65. The molecule has 2 N–H and O–H groups in total. The first-order chi connectivity index (χ1) is 11.6. The smallest absolute Gasteiger partial charge is 0.239 e. The van der Waals surface area contributed by atoms with Crippen LogP contribution in [0.25, 0.3) is 0 Å². The second-order valence-corrected chi connectivity index (χ2v) is 5.53. The molecular formula is C17H17FN4O2. The lowest BCUT2D eigenvalue weighted by atomic mass is 10.1. The molecule has 2 aromatic rings. The van der Waals surface area contributed by atoms with Gasteiger partial charge in [-0.2, -0.15) is 0 Å². The van der Waals surface area contributed by atoms with Crippen molar-refractivity contribution in [2.75, 3.05) is 29.9 Å². The number of carbonyl (C=O) groups is 2. The lowest BCUT2D eigenvalue weighted by molar-refractivity contribution is -0.120. The molecule has 1 aromatic heterocycles. The van der Waals surface area contributed by atoms with E-state index in [4.69, 9.17) is 0 Å². The Balaban J connectivity index is 1.59. The zero-order chi connectivity index (χ0) is 16.9. The van der Waals surface area contributed by atoms with Gasteiger partial charge in [-0.1, -0.05) is 12.1 Å². The number of halogens is 1. The summed E-state index contributed by atoms with van der Waals surface area (Å²) in [4.78, 5) is 29.5. The van der Waals surface area contributed by atoms with Crippen molar-refractivity contribution in [3.05, 3.63) is 54.0 Å². The van der Waals surface area contributed by atoms with E-state index < -0.39 is 0 Å². The molecule has 24 heavy (non-hydrogen) atoms. The average molecular weight is 328 g/mol. The van der Waals surface area contributed by atoms with Crippen LogP contribution in [0.3, 0.4) is 0 Å². The molecule has 0 spiro atoms. The summed E-state index contributed by atoms with van der Waals surface area (Å²) in [6.07, 6.45) is 1.64. The largest absolute Gasteiger partial charge is 0.353 e. The van der Waals surface area contributed by atoms with E-state index >= 15 is 0 Å². The predicted octanol–water partition coefficient (Wildman–Crippen LogP) is 1.34. The van der Waals surface area contributed by atoms with Crippen molar-refractivity contribution >= 4 is 23.3 Å². The first-order valence-corrected chi connectivity index (χ1v) is 7.62. The molecule has 0 aliphatic carbocycles. The lowest BCUT2D eigenvalue weighted by Crippen LogP contribution is -2.48. The van der Waals surface area contributed by atoms with E-state index in [0.29, 0.717) is 30.2 Å². The zero-order valence-electron chi connectivity index (χ0n) is 13.0. The number of pyridine rings is 1. The normalized spacial score (nSPS) is 14.2. The van der Waals surface area contributed by atoms with E-state index in [-0.39, 0.29) is 30.6 Å². The highest BCUT2D eigenvalue weighted by molar-refractivity contribution is 5.92. The molecule has 7 heteroatoms. The van der Waals surface area contributed by atoms with E-state index in [1.165, 1.54) is 12.1 Å². The Morgan fingerprint density at radius 1 is 1.33 bits per heavy atom. The van der Waals surface area contributed by atoms with Gasteiger partial charge in [0.25, 0.3) is 0 Å². The van der Waals surface area contributed by atoms with Crippen LogP contribution in [0.4, 0.5) is 15.9 Å². The topological polar surface area (TPSA) is 74.3 Å². The summed E-state index contributed by atoms with van der Waals surface area (Å²) in [6, 6.07) is 9.44. The maximum atomic E-state index is 13.1. The molecule has 1 aliphatic rings. The quantitative estimate of drug-likeness (QED) is 0.888. The predicted molar refractivity (Wildman–Crippen MR) is 88.2 cm³/mol. The van der Waals surface area contributed by atoms with Crippen molar-refractivity contribution in [1.82, 2.24) is 10.3 Å². The van der Waals surface area contributed by atoms with Crippen LogP contribution in [-0.4, -0.2) is 36.4 Å². The number of hydrogen-bond acceptors (Lipinski definition) is 4. The van der Waals surface area contributed by atoms with Crippen LogP contribution in [0.1, 0.15) is 5.56 Å². The number of rotatable bonds is 4. The maximum Gasteiger partial charge on any atom is 0.239 e. The van der Waals surface area contributed by atoms with Crippen LogP contribution >= 0.6 is 0 Å². The number of carbonyl (C=O) groups excluding carboxylic acids is 2. The molecule has 0 atom stereocenters. The third-order valence-corrected chi connectivity index (χ3v) is 3.65. The molecule has 6 nitrogen and oxygen atoms in total. The fraction of sp³-hybridized carbons (Fsp3) is 0.235. The van der Waals surface area contributed by atoms with Gasteiger partial charge in [-0.3, -0.25) is 9.59 Å². The molecular weight excluding hydrogens is 311 g/mol. The van der Waals surface area contributed by atoms with Crippen molar-refractivity contribution in [3.8, 4) is 0 Å². The van der Waals surface area contributed by atoms with E-state index in [1.54, 1.807) is 30.5 Å². The van der Waals surface area contributed by atoms with E-state index in [9.17, 15) is 14.0 Å². The number of nitrogens with zero attached hydrogens (tertiary/aromatic N) is 2. The van der Waals surface area contributed by atoms with Crippen LogP contribution in [0, 0.1) is 5.82 Å². The van der Waals surface area contributed by atoms with Crippen molar-refractivity contribution in [2.45, 2.75) is 6.42 Å². The summed E-state index contributed by atoms with van der Waals surface area (Å²) < 4.78 is 13.1. The number of aromatic nitrogens is 1. The van der Waals surface area contributed by atoms with Gasteiger partial charge < -0.3 is 15.5 Å². The Morgan fingerprint density at radius 3 is 2.92 bits per heavy atom. The second-order valence-electron chi connectivity index (χ2n) is 5.53. The molecule has 124 valence electrons. The summed E-state index contributed by atoms with van der Waals surface area (Å²) in [7, 11) is 0. The van der Waals surface area contributed by atoms with E-state index in [1.807, 2.05) is 4.90 Å². The Kier molecular flexibility index (Phi) is 4.69. The number of anilines is 2. The maximum absolute atomic E-state index is 13.1. The zero-order valence-corrected chi connectivity index (χ0v) is 13.0. The van der Waals surface area contributed by atoms with Gasteiger partial charge in [-0.25, -0.2) is 9.37 Å². The molecule has 1 saturated heterocycles. The first kappa shape index (κ1) is 15.9. The minimum absolute atomic E-state index is 0.0319. The number of hydrogen-bond donors (Lipinski definition) is 2. The fourth-order valence-electron chi connectivity index (χ4n) is 2.52. The SMILES string of the molecule is O=C1CN(c2ccc(NC(=O)Cc3cccc(F)c3)cn2)CCN1. The molecule has 1 fully saturated rings. The Bertz CT molecular complexity index is 749. The molecule has 2 heterocycles. The molecule has 0 unspecified atom stereocenters. The van der Waals surface area contributed by atoms with Crippen molar-refractivity contribution in [3.63, 3.8) is 0 Å². The monoisotopic (exact) mass is 328 g/mol. The van der Waals surface area contributed by atoms with Gasteiger partial charge in [0.2, 0.25) is 11.8 Å². The van der Waals surface area contributed by atoms with Gasteiger partial charge >= 0.3 is 0 Å². The van der Waals surface area contributed by atoms with Crippen molar-refractivity contribution in [1.29, 1.82) is 0 Å². The highest BCUT2D eigenvalue weighted by Gasteiger charge is 2.17. The molecule has 3 rings (SSSR count). The van der Waals surface area contributed by atoms with Gasteiger partial charge in [0, 0.05) is 13.1 Å². The van der Waals surface area contributed by atoms with Crippen molar-refractivity contribution < 1.29 is 14.0 Å². The molecule has 0 radical (unpaired) electrons. The van der Waals surface area contributed by atoms with Gasteiger partial charge in [0.1, 0.15) is 11.6 Å². The molecule has 1 aliphatic heterocycles. The lowest BCUT2D eigenvalue weighted by Gasteiger charge is -2.27. The number of benzene rings is 1. The fourth-order valence-corrected chi connectivity index (χ4v) is 2.52. The Hall–Kier alpha value is -2.96. The van der Waals surface area contributed by atoms with Crippen LogP contribution in [0.2, 0.25) is 0 Å². The van der Waals surface area contributed by atoms with Gasteiger partial charge in [-0.15, -0.1) is 0 Å². The van der Waals surface area contributed by atoms with Crippen LogP contribution in [-0.2, 0) is 16.0 Å². The third kappa shape index (κ3) is 4.07. The summed E-state index contributed by atoms with van der Waals surface area (Å²) >= 11 is 0. The van der Waals surface area contributed by atoms with Crippen LogP contribution in [0.15, 0.2) is 42.6 Å². The van der Waals surface area contributed by atoms with Crippen LogP contribution < -0.4 is 15.5 Å². The van der Waals surface area contributed by atoms with Gasteiger partial charge in [-0.05, 0) is 29.8 Å². The minimum atomic E-state index is -0.364. The van der Waals surface area contributed by atoms with E-state index in [2.05, 4.69) is 15.6 Å². The number of nitrogens with one attached hydrogen (secondary N) is 2. The summed E-state index contributed by atoms with van der Waals surface area (Å²) in [5.41, 5.74) is 1.16. The molecule has 1 aromatic carbocycles. The second kappa shape index (κ2) is 7.08. The molecule has 2 amide bonds. The van der Waals surface area contributed by atoms with Crippen LogP contribution in [0.5, 0.6) is 0 Å². The number of piperazine rings is 1. The molecule has 0 saturated carbocycles. The summed E-state index contributed by atoms with van der Waals surface area (Å²) in [5.74, 6) is 0.0490. The highest BCUT2D eigenvalue weighted by Crippen LogP contribution is 2.15. The molecule has 0 bridgehead atoms. The first-order valence-electron chi connectivity index (χ1n) is 7.62. The summed E-state index contributed by atoms with van der Waals surface area (Å²) in [6.45, 7) is 1.56. The Morgan fingerprint density at radius 2 is 2.21 bits per heavy atom. The van der Waals surface area contributed by atoms with E-state index in [0.717, 1.165) is 0 Å². The Labute approximate surface area is 138 Å². The highest BCUT2D eigenvalue weighted by atomic mass is 19.1. The van der Waals surface area contributed by atoms with Gasteiger partial charge in [0.15, 0.2) is 0 Å².